The number of hydrogen-bond acceptors (Lipinski definition) is 5. The van der Waals surface area contributed by atoms with Gasteiger partial charge in [-0.2, -0.15) is 5.10 Å². The van der Waals surface area contributed by atoms with Crippen molar-refractivity contribution in [3.8, 4) is 5.75 Å². The molecule has 0 aliphatic carbocycles. The Hall–Kier alpha value is -4.33. The molecule has 0 atom stereocenters. The number of anilines is 2. The summed E-state index contributed by atoms with van der Waals surface area (Å²) in [6, 6.07) is 20.2. The van der Waals surface area contributed by atoms with E-state index >= 15 is 0 Å². The number of benzene rings is 2. The Bertz CT molecular complexity index is 1330. The monoisotopic (exact) mass is 486 g/mol. The van der Waals surface area contributed by atoms with Crippen molar-refractivity contribution in [2.24, 2.45) is 0 Å². The van der Waals surface area contributed by atoms with Gasteiger partial charge in [-0.25, -0.2) is 0 Å². The van der Waals surface area contributed by atoms with Crippen LogP contribution in [0.15, 0.2) is 77.3 Å². The molecule has 8 nitrogen and oxygen atoms in total. The molecule has 0 unspecified atom stereocenters. The van der Waals surface area contributed by atoms with Crippen molar-refractivity contribution in [3.05, 3.63) is 95.7 Å². The van der Waals surface area contributed by atoms with Gasteiger partial charge in [-0.15, -0.1) is 0 Å². The van der Waals surface area contributed by atoms with Crippen molar-refractivity contribution in [2.75, 3.05) is 10.6 Å². The van der Waals surface area contributed by atoms with E-state index < -0.39 is 11.8 Å². The molecular formula is C28H30N4O4. The fourth-order valence-corrected chi connectivity index (χ4v) is 3.52. The van der Waals surface area contributed by atoms with Crippen LogP contribution in [-0.2, 0) is 18.6 Å². The summed E-state index contributed by atoms with van der Waals surface area (Å²) in [5, 5.41) is 9.83. The van der Waals surface area contributed by atoms with E-state index in [1.165, 1.54) is 5.56 Å². The number of furan rings is 1. The van der Waals surface area contributed by atoms with Crippen molar-refractivity contribution < 1.29 is 18.7 Å². The predicted octanol–water partition coefficient (Wildman–Crippen LogP) is 5.88. The Morgan fingerprint density at radius 2 is 1.67 bits per heavy atom. The van der Waals surface area contributed by atoms with Gasteiger partial charge in [0.05, 0.1) is 5.69 Å². The van der Waals surface area contributed by atoms with Gasteiger partial charge in [0.25, 0.3) is 11.8 Å². The lowest BCUT2D eigenvalue weighted by molar-refractivity contribution is 0.0992. The highest BCUT2D eigenvalue weighted by atomic mass is 16.5. The summed E-state index contributed by atoms with van der Waals surface area (Å²) in [6.07, 6.45) is 1.62. The normalized spacial score (nSPS) is 11.2. The van der Waals surface area contributed by atoms with Gasteiger partial charge < -0.3 is 19.8 Å². The summed E-state index contributed by atoms with van der Waals surface area (Å²) in [5.74, 6) is 0.419. The minimum atomic E-state index is -0.486. The fourth-order valence-electron chi connectivity index (χ4n) is 3.52. The van der Waals surface area contributed by atoms with Gasteiger partial charge in [0.2, 0.25) is 0 Å². The van der Waals surface area contributed by atoms with Crippen LogP contribution in [0.5, 0.6) is 5.75 Å². The first-order chi connectivity index (χ1) is 17.2. The average molecular weight is 487 g/mol. The molecule has 2 heterocycles. The number of nitrogens with one attached hydrogen (secondary N) is 2. The average Bonchev–Trinajstić information content (AvgIpc) is 3.50. The minimum Gasteiger partial charge on any atom is -0.486 e. The molecule has 8 heteroatoms. The lowest BCUT2D eigenvalue weighted by Crippen LogP contribution is -2.17. The van der Waals surface area contributed by atoms with E-state index in [0.29, 0.717) is 29.4 Å². The van der Waals surface area contributed by atoms with E-state index in [2.05, 4.69) is 36.5 Å². The molecule has 2 amide bonds. The van der Waals surface area contributed by atoms with Gasteiger partial charge in [-0.05, 0) is 54.3 Å². The molecule has 4 rings (SSSR count). The summed E-state index contributed by atoms with van der Waals surface area (Å²) < 4.78 is 13.1. The van der Waals surface area contributed by atoms with Crippen LogP contribution < -0.4 is 15.4 Å². The smallest absolute Gasteiger partial charge is 0.291 e. The topological polar surface area (TPSA) is 98.4 Å². The third-order valence-corrected chi connectivity index (χ3v) is 5.57. The quantitative estimate of drug-likeness (QED) is 0.324. The molecule has 2 N–H and O–H groups in total. The van der Waals surface area contributed by atoms with Crippen LogP contribution >= 0.6 is 0 Å². The van der Waals surface area contributed by atoms with Crippen molar-refractivity contribution in [3.63, 3.8) is 0 Å². The molecule has 0 aliphatic rings. The van der Waals surface area contributed by atoms with E-state index in [9.17, 15) is 9.59 Å². The van der Waals surface area contributed by atoms with Crippen LogP contribution in [0.3, 0.4) is 0 Å². The van der Waals surface area contributed by atoms with Crippen LogP contribution in [0.2, 0.25) is 0 Å². The Kier molecular flexibility index (Phi) is 7.24. The summed E-state index contributed by atoms with van der Waals surface area (Å²) in [6.45, 7) is 9.09. The lowest BCUT2D eigenvalue weighted by atomic mass is 9.87. The van der Waals surface area contributed by atoms with E-state index in [-0.39, 0.29) is 23.5 Å². The van der Waals surface area contributed by atoms with Gasteiger partial charge in [-0.3, -0.25) is 14.3 Å². The maximum absolute atomic E-state index is 12.8. The molecule has 0 spiro atoms. The third-order valence-electron chi connectivity index (χ3n) is 5.57. The second-order valence-corrected chi connectivity index (χ2v) is 9.35. The zero-order chi connectivity index (χ0) is 25.7. The maximum atomic E-state index is 12.8. The number of rotatable bonds is 8. The van der Waals surface area contributed by atoms with E-state index in [4.69, 9.17) is 9.15 Å². The van der Waals surface area contributed by atoms with E-state index in [1.807, 2.05) is 49.4 Å². The highest BCUT2D eigenvalue weighted by Gasteiger charge is 2.21. The second kappa shape index (κ2) is 10.5. The summed E-state index contributed by atoms with van der Waals surface area (Å²) >= 11 is 0. The Morgan fingerprint density at radius 1 is 0.944 bits per heavy atom. The predicted molar refractivity (Wildman–Crippen MR) is 138 cm³/mol. The number of carbonyl (C=O) groups is 2. The number of amides is 2. The molecule has 2 aromatic carbocycles. The number of ether oxygens (including phenoxy) is 1. The van der Waals surface area contributed by atoms with Gasteiger partial charge in [0.15, 0.2) is 11.5 Å². The van der Waals surface area contributed by atoms with E-state index in [0.717, 1.165) is 0 Å². The number of aromatic nitrogens is 2. The molecule has 0 aliphatic heterocycles. The van der Waals surface area contributed by atoms with Crippen LogP contribution in [0.25, 0.3) is 0 Å². The summed E-state index contributed by atoms with van der Waals surface area (Å²) in [7, 11) is 0. The maximum Gasteiger partial charge on any atom is 0.291 e. The van der Waals surface area contributed by atoms with Crippen molar-refractivity contribution in [1.82, 2.24) is 9.78 Å². The molecule has 36 heavy (non-hydrogen) atoms. The van der Waals surface area contributed by atoms with Crippen molar-refractivity contribution in [2.45, 2.75) is 46.3 Å². The largest absolute Gasteiger partial charge is 0.486 e. The summed E-state index contributed by atoms with van der Waals surface area (Å²) in [4.78, 5) is 25.7. The Balaban J connectivity index is 1.40. The minimum absolute atomic E-state index is 0.0670. The van der Waals surface area contributed by atoms with Crippen LogP contribution in [0.4, 0.5) is 11.4 Å². The van der Waals surface area contributed by atoms with E-state index in [1.54, 1.807) is 35.1 Å². The van der Waals surface area contributed by atoms with Crippen molar-refractivity contribution >= 4 is 23.2 Å². The Labute approximate surface area is 210 Å². The molecule has 0 bridgehead atoms. The van der Waals surface area contributed by atoms with Crippen LogP contribution in [-0.4, -0.2) is 21.6 Å². The van der Waals surface area contributed by atoms with Crippen LogP contribution in [0.1, 0.15) is 60.1 Å². The molecule has 0 saturated carbocycles. The molecular weight excluding hydrogens is 456 g/mol. The molecule has 0 saturated heterocycles. The highest BCUT2D eigenvalue weighted by Crippen LogP contribution is 2.25. The van der Waals surface area contributed by atoms with Crippen LogP contribution in [0, 0.1) is 0 Å². The number of para-hydroxylation sites is 1. The van der Waals surface area contributed by atoms with Gasteiger partial charge in [0.1, 0.15) is 18.1 Å². The number of aryl methyl sites for hydroxylation is 1. The molecule has 0 fully saturated rings. The zero-order valence-corrected chi connectivity index (χ0v) is 20.9. The number of hydrogen-bond donors (Lipinski definition) is 2. The molecule has 2 aromatic heterocycles. The second-order valence-electron chi connectivity index (χ2n) is 9.35. The molecule has 0 radical (unpaired) electrons. The lowest BCUT2D eigenvalue weighted by Gasteiger charge is -2.19. The standard InChI is InChI=1S/C28H30N4O4/c1-5-32-17-23(25(31-32)27(34)29-20-9-7-6-8-10-20)30-26(33)24-16-15-22(36-24)18-35-21-13-11-19(12-14-21)28(2,3)4/h6-17H,5,18H2,1-4H3,(H,29,34)(H,30,33). The fraction of sp³-hybridized carbons (Fsp3) is 0.250. The first-order valence-corrected chi connectivity index (χ1v) is 11.8. The van der Waals surface area contributed by atoms with Gasteiger partial charge in [-0.1, -0.05) is 51.1 Å². The van der Waals surface area contributed by atoms with Gasteiger partial charge in [0, 0.05) is 18.4 Å². The molecule has 4 aromatic rings. The zero-order valence-electron chi connectivity index (χ0n) is 20.9. The third kappa shape index (κ3) is 6.02. The molecule has 186 valence electrons. The Morgan fingerprint density at radius 3 is 2.33 bits per heavy atom. The highest BCUT2D eigenvalue weighted by molar-refractivity contribution is 6.10. The first kappa shape index (κ1) is 24.8. The SMILES string of the molecule is CCn1cc(NC(=O)c2ccc(COc3ccc(C(C)(C)C)cc3)o2)c(C(=O)Nc2ccccc2)n1. The number of carbonyl (C=O) groups excluding carboxylic acids is 2. The van der Waals surface area contributed by atoms with Crippen molar-refractivity contribution in [1.29, 1.82) is 0 Å². The first-order valence-electron chi connectivity index (χ1n) is 11.8. The summed E-state index contributed by atoms with van der Waals surface area (Å²) in [5.41, 5.74) is 2.33. The van der Waals surface area contributed by atoms with Gasteiger partial charge >= 0.3 is 0 Å². The number of nitrogens with zero attached hydrogens (tertiary/aromatic N) is 2.